The summed E-state index contributed by atoms with van der Waals surface area (Å²) in [5, 5.41) is 11.6. The van der Waals surface area contributed by atoms with Gasteiger partial charge >= 0.3 is 0 Å². The maximum atomic E-state index is 6.70. The van der Waals surface area contributed by atoms with Crippen molar-refractivity contribution < 1.29 is 4.42 Å². The molecular weight excluding hydrogens is 745 g/mol. The van der Waals surface area contributed by atoms with Gasteiger partial charge in [-0.1, -0.05) is 137 Å². The molecule has 12 aromatic rings. The lowest BCUT2D eigenvalue weighted by Crippen LogP contribution is -2.33. The fraction of sp³-hybridized carbons (Fsp3) is 0.143. The summed E-state index contributed by atoms with van der Waals surface area (Å²) < 4.78 is 11.5. The zero-order chi connectivity index (χ0) is 40.8. The minimum absolute atomic E-state index is 0.00710. The van der Waals surface area contributed by atoms with Crippen molar-refractivity contribution >= 4 is 87.2 Å². The number of hydrogen-bond donors (Lipinski definition) is 0. The number of furan rings is 1. The molecule has 0 unspecified atom stereocenters. The summed E-state index contributed by atoms with van der Waals surface area (Å²) in [7, 11) is 0. The molecule has 61 heavy (non-hydrogen) atoms. The lowest BCUT2D eigenvalue weighted by Gasteiger charge is -2.42. The van der Waals surface area contributed by atoms with E-state index in [1.807, 2.05) is 12.1 Å². The van der Waals surface area contributed by atoms with E-state index < -0.39 is 0 Å². The maximum Gasteiger partial charge on any atom is 0.238 e. The first-order valence-corrected chi connectivity index (χ1v) is 21.5. The average molecular weight is 787 g/mol. The van der Waals surface area contributed by atoms with Gasteiger partial charge in [0.2, 0.25) is 11.7 Å². The third-order valence-corrected chi connectivity index (χ3v) is 14.0. The van der Waals surface area contributed by atoms with Gasteiger partial charge in [0.25, 0.3) is 0 Å². The number of nitrogens with zero attached hydrogens (tertiary/aromatic N) is 4. The van der Waals surface area contributed by atoms with Gasteiger partial charge in [0, 0.05) is 38.2 Å². The van der Waals surface area contributed by atoms with Crippen molar-refractivity contribution in [2.45, 2.75) is 51.4 Å². The Morgan fingerprint density at radius 3 is 1.84 bits per heavy atom. The summed E-state index contributed by atoms with van der Waals surface area (Å²) in [6.07, 6.45) is 2.25. The molecule has 292 valence electrons. The molecule has 0 amide bonds. The maximum absolute atomic E-state index is 6.70. The minimum atomic E-state index is -0.00710. The monoisotopic (exact) mass is 786 g/mol. The largest absolute Gasteiger partial charge is 0.437 e. The van der Waals surface area contributed by atoms with E-state index in [4.69, 9.17) is 14.4 Å². The SMILES string of the molecule is CC1(C)CCC(C)(C)c2cc3c(cc21)c1c2c4c5ccccc5ccc4n(-c4ccccc4)c2ccc1n3-c1nc(-c2cccc3ccccc23)c2c(n1)oc1ccccc12. The van der Waals surface area contributed by atoms with Crippen LogP contribution in [0.1, 0.15) is 51.7 Å². The van der Waals surface area contributed by atoms with Gasteiger partial charge in [-0.25, -0.2) is 4.98 Å². The molecule has 0 spiro atoms. The molecule has 0 fully saturated rings. The van der Waals surface area contributed by atoms with Crippen LogP contribution in [0.15, 0.2) is 162 Å². The second-order valence-corrected chi connectivity index (χ2v) is 18.4. The molecule has 0 radical (unpaired) electrons. The van der Waals surface area contributed by atoms with Gasteiger partial charge in [-0.3, -0.25) is 4.57 Å². The molecule has 0 N–H and O–H groups in total. The Labute approximate surface area is 352 Å². The van der Waals surface area contributed by atoms with Gasteiger partial charge < -0.3 is 8.98 Å². The van der Waals surface area contributed by atoms with E-state index in [1.165, 1.54) is 59.9 Å². The van der Waals surface area contributed by atoms with Crippen molar-refractivity contribution in [3.8, 4) is 22.9 Å². The summed E-state index contributed by atoms with van der Waals surface area (Å²) >= 11 is 0. The third kappa shape index (κ3) is 4.77. The Balaban J connectivity index is 1.25. The van der Waals surface area contributed by atoms with E-state index >= 15 is 0 Å². The zero-order valence-corrected chi connectivity index (χ0v) is 34.6. The molecule has 5 nitrogen and oxygen atoms in total. The first-order chi connectivity index (χ1) is 29.7. The van der Waals surface area contributed by atoms with Gasteiger partial charge in [0.15, 0.2) is 0 Å². The minimum Gasteiger partial charge on any atom is -0.437 e. The number of hydrogen-bond acceptors (Lipinski definition) is 3. The molecule has 13 rings (SSSR count). The number of fused-ring (bicyclic) bond motifs is 14. The fourth-order valence-electron chi connectivity index (χ4n) is 10.8. The molecular formula is C56H42N4O. The van der Waals surface area contributed by atoms with Gasteiger partial charge in [0.05, 0.1) is 33.1 Å². The van der Waals surface area contributed by atoms with Gasteiger partial charge in [-0.2, -0.15) is 4.98 Å². The second kappa shape index (κ2) is 12.2. The Bertz CT molecular complexity index is 3820. The third-order valence-electron chi connectivity index (χ3n) is 14.0. The lowest BCUT2D eigenvalue weighted by molar-refractivity contribution is 0.332. The first-order valence-electron chi connectivity index (χ1n) is 21.5. The highest BCUT2D eigenvalue weighted by Crippen LogP contribution is 2.51. The molecule has 8 aromatic carbocycles. The Kier molecular flexibility index (Phi) is 6.91. The topological polar surface area (TPSA) is 48.8 Å². The van der Waals surface area contributed by atoms with Crippen molar-refractivity contribution in [2.75, 3.05) is 0 Å². The summed E-state index contributed by atoms with van der Waals surface area (Å²) in [6.45, 7) is 9.66. The molecule has 5 heteroatoms. The molecule has 0 saturated carbocycles. The smallest absolute Gasteiger partial charge is 0.238 e. The quantitative estimate of drug-likeness (QED) is 0.179. The van der Waals surface area contributed by atoms with Crippen LogP contribution in [0.5, 0.6) is 0 Å². The van der Waals surface area contributed by atoms with Gasteiger partial charge in [0.1, 0.15) is 5.58 Å². The fourth-order valence-corrected chi connectivity index (χ4v) is 10.8. The van der Waals surface area contributed by atoms with Crippen LogP contribution < -0.4 is 0 Å². The van der Waals surface area contributed by atoms with Gasteiger partial charge in [-0.15, -0.1) is 0 Å². The van der Waals surface area contributed by atoms with Crippen LogP contribution >= 0.6 is 0 Å². The van der Waals surface area contributed by atoms with Crippen molar-refractivity contribution in [2.24, 2.45) is 0 Å². The van der Waals surface area contributed by atoms with E-state index in [2.05, 4.69) is 182 Å². The Morgan fingerprint density at radius 1 is 0.459 bits per heavy atom. The van der Waals surface area contributed by atoms with E-state index in [9.17, 15) is 0 Å². The molecule has 1 aliphatic rings. The average Bonchev–Trinajstić information content (AvgIpc) is 3.95. The van der Waals surface area contributed by atoms with Crippen LogP contribution in [0.3, 0.4) is 0 Å². The van der Waals surface area contributed by atoms with E-state index in [0.29, 0.717) is 11.7 Å². The van der Waals surface area contributed by atoms with E-state index in [0.717, 1.165) is 62.6 Å². The Morgan fingerprint density at radius 2 is 1.05 bits per heavy atom. The lowest BCUT2D eigenvalue weighted by atomic mass is 9.63. The summed E-state index contributed by atoms with van der Waals surface area (Å²) in [5.74, 6) is 0.596. The first kappa shape index (κ1) is 34.6. The molecule has 0 atom stereocenters. The highest BCUT2D eigenvalue weighted by Gasteiger charge is 2.38. The highest BCUT2D eigenvalue weighted by molar-refractivity contribution is 6.33. The van der Waals surface area contributed by atoms with Crippen LogP contribution in [-0.2, 0) is 10.8 Å². The van der Waals surface area contributed by atoms with E-state index in [-0.39, 0.29) is 10.8 Å². The number of rotatable bonds is 3. The van der Waals surface area contributed by atoms with Crippen LogP contribution in [0.4, 0.5) is 0 Å². The predicted octanol–water partition coefficient (Wildman–Crippen LogP) is 14.9. The zero-order valence-electron chi connectivity index (χ0n) is 34.6. The van der Waals surface area contributed by atoms with Crippen molar-refractivity contribution in [1.29, 1.82) is 0 Å². The summed E-state index contributed by atoms with van der Waals surface area (Å²) in [4.78, 5) is 11.1. The van der Waals surface area contributed by atoms with Crippen LogP contribution in [0, 0.1) is 0 Å². The van der Waals surface area contributed by atoms with Crippen molar-refractivity contribution in [3.63, 3.8) is 0 Å². The molecule has 0 bridgehead atoms. The molecule has 0 saturated heterocycles. The Hall–Kier alpha value is -7.24. The normalized spacial score (nSPS) is 15.0. The highest BCUT2D eigenvalue weighted by atomic mass is 16.3. The number of aromatic nitrogens is 4. The predicted molar refractivity (Wildman–Crippen MR) is 254 cm³/mol. The number of benzene rings is 8. The van der Waals surface area contributed by atoms with Crippen LogP contribution in [0.25, 0.3) is 110 Å². The molecule has 4 aromatic heterocycles. The van der Waals surface area contributed by atoms with Crippen molar-refractivity contribution in [3.05, 3.63) is 169 Å². The second-order valence-electron chi connectivity index (χ2n) is 18.4. The standard InChI is InChI=1S/C56H42N4O/c1-55(2)29-30-56(3,4)42-32-46-40(31-41(42)55)49-44(27-28-45-51(49)48-37-21-11-9-16-34(37)25-26-43(48)59(45)35-18-6-5-7-19-35)60(46)54-57-52(38-23-14-17-33-15-8-10-20-36(33)38)50-39-22-12-13-24-47(39)61-53(50)58-54/h5-28,31-32H,29-30H2,1-4H3. The summed E-state index contributed by atoms with van der Waals surface area (Å²) in [6, 6.07) is 57.1. The molecule has 4 heterocycles. The molecule has 0 aliphatic heterocycles. The van der Waals surface area contributed by atoms with E-state index in [1.54, 1.807) is 0 Å². The molecule has 1 aliphatic carbocycles. The van der Waals surface area contributed by atoms with Crippen molar-refractivity contribution in [1.82, 2.24) is 19.1 Å². The number of para-hydroxylation sites is 2. The van der Waals surface area contributed by atoms with Crippen LogP contribution in [-0.4, -0.2) is 19.1 Å². The summed E-state index contributed by atoms with van der Waals surface area (Å²) in [5.41, 5.74) is 11.8. The van der Waals surface area contributed by atoms with Gasteiger partial charge in [-0.05, 0) is 105 Å². The van der Waals surface area contributed by atoms with Crippen LogP contribution in [0.2, 0.25) is 0 Å².